The molecule has 1 saturated heterocycles. The van der Waals surface area contributed by atoms with Crippen molar-refractivity contribution in [2.75, 3.05) is 26.3 Å². The molecule has 1 fully saturated rings. The van der Waals surface area contributed by atoms with Crippen LogP contribution in [0.3, 0.4) is 0 Å². The highest BCUT2D eigenvalue weighted by atomic mass is 16.5. The predicted molar refractivity (Wildman–Crippen MR) is 95.0 cm³/mol. The first-order valence-electron chi connectivity index (χ1n) is 8.95. The molecule has 22 heavy (non-hydrogen) atoms. The fourth-order valence-electron chi connectivity index (χ4n) is 3.05. The number of unbranched alkanes of at least 4 members (excludes halogenated alkanes) is 4. The second-order valence-electron chi connectivity index (χ2n) is 6.19. The molecule has 1 unspecified atom stereocenters. The van der Waals surface area contributed by atoms with Crippen LogP contribution < -0.4 is 0 Å². The standard InChI is InChI=1S/C20H31NO/c1-2-3-4-5-9-12-20(21-15-17-22-18-16-21)14-13-19-10-7-6-8-11-19/h6-8,10-11,13-14,20H,2-5,9,12,15-18H2,1H3/b14-13+. The van der Waals surface area contributed by atoms with Gasteiger partial charge in [-0.25, -0.2) is 0 Å². The van der Waals surface area contributed by atoms with E-state index in [1.807, 2.05) is 0 Å². The van der Waals surface area contributed by atoms with Crippen molar-refractivity contribution in [3.63, 3.8) is 0 Å². The lowest BCUT2D eigenvalue weighted by Gasteiger charge is -2.33. The van der Waals surface area contributed by atoms with Gasteiger partial charge in [-0.1, -0.05) is 81.5 Å². The normalized spacial score (nSPS) is 17.9. The number of rotatable bonds is 9. The lowest BCUT2D eigenvalue weighted by Crippen LogP contribution is -2.42. The average Bonchev–Trinajstić information content (AvgIpc) is 2.59. The molecular weight excluding hydrogens is 270 g/mol. The third-order valence-corrected chi connectivity index (χ3v) is 4.43. The van der Waals surface area contributed by atoms with Crippen LogP contribution in [0, 0.1) is 0 Å². The van der Waals surface area contributed by atoms with Gasteiger partial charge in [0.15, 0.2) is 0 Å². The molecule has 0 amide bonds. The van der Waals surface area contributed by atoms with Crippen molar-refractivity contribution in [3.8, 4) is 0 Å². The highest BCUT2D eigenvalue weighted by Crippen LogP contribution is 2.16. The Hall–Kier alpha value is -1.12. The van der Waals surface area contributed by atoms with E-state index in [2.05, 4.69) is 54.3 Å². The Kier molecular flexibility index (Phi) is 8.29. The fourth-order valence-corrected chi connectivity index (χ4v) is 3.05. The molecule has 1 heterocycles. The lowest BCUT2D eigenvalue weighted by molar-refractivity contribution is 0.0239. The van der Waals surface area contributed by atoms with E-state index in [-0.39, 0.29) is 0 Å². The minimum Gasteiger partial charge on any atom is -0.379 e. The van der Waals surface area contributed by atoms with Gasteiger partial charge in [0, 0.05) is 19.1 Å². The largest absolute Gasteiger partial charge is 0.379 e. The predicted octanol–water partition coefficient (Wildman–Crippen LogP) is 4.76. The average molecular weight is 301 g/mol. The number of hydrogen-bond acceptors (Lipinski definition) is 2. The molecule has 0 spiro atoms. The van der Waals surface area contributed by atoms with E-state index in [0.29, 0.717) is 6.04 Å². The highest BCUT2D eigenvalue weighted by molar-refractivity contribution is 5.49. The van der Waals surface area contributed by atoms with Gasteiger partial charge in [0.1, 0.15) is 0 Å². The maximum Gasteiger partial charge on any atom is 0.0594 e. The molecule has 0 N–H and O–H groups in total. The zero-order valence-corrected chi connectivity index (χ0v) is 14.0. The third kappa shape index (κ3) is 6.33. The quantitative estimate of drug-likeness (QED) is 0.610. The van der Waals surface area contributed by atoms with E-state index in [1.54, 1.807) is 0 Å². The second kappa shape index (κ2) is 10.6. The molecule has 1 aliphatic heterocycles. The zero-order chi connectivity index (χ0) is 15.5. The van der Waals surface area contributed by atoms with Gasteiger partial charge in [-0.05, 0) is 12.0 Å². The molecule has 0 radical (unpaired) electrons. The lowest BCUT2D eigenvalue weighted by atomic mass is 10.0. The van der Waals surface area contributed by atoms with Gasteiger partial charge in [-0.2, -0.15) is 0 Å². The van der Waals surface area contributed by atoms with Crippen LogP contribution in [0.5, 0.6) is 0 Å². The Morgan fingerprint density at radius 3 is 2.50 bits per heavy atom. The zero-order valence-electron chi connectivity index (χ0n) is 14.0. The molecule has 2 heteroatoms. The summed E-state index contributed by atoms with van der Waals surface area (Å²) in [5.74, 6) is 0. The van der Waals surface area contributed by atoms with E-state index < -0.39 is 0 Å². The van der Waals surface area contributed by atoms with E-state index in [1.165, 1.54) is 44.1 Å². The van der Waals surface area contributed by atoms with E-state index in [9.17, 15) is 0 Å². The van der Waals surface area contributed by atoms with Crippen LogP contribution in [-0.4, -0.2) is 37.2 Å². The smallest absolute Gasteiger partial charge is 0.0594 e. The minimum absolute atomic E-state index is 0.561. The van der Waals surface area contributed by atoms with Crippen LogP contribution in [0.15, 0.2) is 36.4 Å². The molecule has 0 bridgehead atoms. The van der Waals surface area contributed by atoms with Gasteiger partial charge in [0.05, 0.1) is 13.2 Å². The molecule has 1 atom stereocenters. The molecule has 122 valence electrons. The van der Waals surface area contributed by atoms with Crippen LogP contribution in [0.25, 0.3) is 6.08 Å². The van der Waals surface area contributed by atoms with Crippen molar-refractivity contribution in [3.05, 3.63) is 42.0 Å². The van der Waals surface area contributed by atoms with Crippen LogP contribution >= 0.6 is 0 Å². The summed E-state index contributed by atoms with van der Waals surface area (Å²) in [5, 5.41) is 0. The molecule has 1 aliphatic rings. The van der Waals surface area contributed by atoms with E-state index >= 15 is 0 Å². The van der Waals surface area contributed by atoms with Crippen molar-refractivity contribution in [2.24, 2.45) is 0 Å². The topological polar surface area (TPSA) is 12.5 Å². The Labute approximate surface area is 136 Å². The van der Waals surface area contributed by atoms with E-state index in [4.69, 9.17) is 4.74 Å². The molecule has 2 rings (SSSR count). The number of morpholine rings is 1. The minimum atomic E-state index is 0.561. The van der Waals surface area contributed by atoms with Gasteiger partial charge < -0.3 is 4.74 Å². The number of ether oxygens (including phenoxy) is 1. The molecule has 1 aromatic rings. The Morgan fingerprint density at radius 2 is 1.77 bits per heavy atom. The van der Waals surface area contributed by atoms with Crippen molar-refractivity contribution in [1.29, 1.82) is 0 Å². The summed E-state index contributed by atoms with van der Waals surface area (Å²) >= 11 is 0. The SMILES string of the molecule is CCCCCCCC(/C=C/c1ccccc1)N1CCOCC1. The maximum atomic E-state index is 5.50. The van der Waals surface area contributed by atoms with Crippen LogP contribution in [0.1, 0.15) is 51.0 Å². The van der Waals surface area contributed by atoms with Crippen molar-refractivity contribution >= 4 is 6.08 Å². The maximum absolute atomic E-state index is 5.50. The summed E-state index contributed by atoms with van der Waals surface area (Å²) in [4.78, 5) is 2.59. The monoisotopic (exact) mass is 301 g/mol. The third-order valence-electron chi connectivity index (χ3n) is 4.43. The van der Waals surface area contributed by atoms with Gasteiger partial charge >= 0.3 is 0 Å². The van der Waals surface area contributed by atoms with Gasteiger partial charge in [-0.15, -0.1) is 0 Å². The summed E-state index contributed by atoms with van der Waals surface area (Å²) < 4.78 is 5.50. The molecule has 0 aromatic heterocycles. The summed E-state index contributed by atoms with van der Waals surface area (Å²) in [5.41, 5.74) is 1.30. The van der Waals surface area contributed by atoms with Crippen molar-refractivity contribution in [1.82, 2.24) is 4.90 Å². The Bertz CT molecular complexity index is 409. The summed E-state index contributed by atoms with van der Waals surface area (Å²) in [6.07, 6.45) is 12.7. The number of nitrogens with zero attached hydrogens (tertiary/aromatic N) is 1. The Morgan fingerprint density at radius 1 is 1.05 bits per heavy atom. The fraction of sp³-hybridized carbons (Fsp3) is 0.600. The molecule has 0 aliphatic carbocycles. The summed E-state index contributed by atoms with van der Waals surface area (Å²) in [7, 11) is 0. The second-order valence-corrected chi connectivity index (χ2v) is 6.19. The molecule has 1 aromatic carbocycles. The van der Waals surface area contributed by atoms with Crippen LogP contribution in [-0.2, 0) is 4.74 Å². The van der Waals surface area contributed by atoms with Crippen molar-refractivity contribution < 1.29 is 4.74 Å². The Balaban J connectivity index is 1.87. The first-order valence-corrected chi connectivity index (χ1v) is 8.95. The molecular formula is C20H31NO. The summed E-state index contributed by atoms with van der Waals surface area (Å²) in [6.45, 7) is 6.17. The highest BCUT2D eigenvalue weighted by Gasteiger charge is 2.18. The van der Waals surface area contributed by atoms with Crippen LogP contribution in [0.2, 0.25) is 0 Å². The number of benzene rings is 1. The van der Waals surface area contributed by atoms with Crippen LogP contribution in [0.4, 0.5) is 0 Å². The van der Waals surface area contributed by atoms with E-state index in [0.717, 1.165) is 26.3 Å². The van der Waals surface area contributed by atoms with Crippen molar-refractivity contribution in [2.45, 2.75) is 51.5 Å². The summed E-state index contributed by atoms with van der Waals surface area (Å²) in [6, 6.07) is 11.2. The van der Waals surface area contributed by atoms with Gasteiger partial charge in [0.25, 0.3) is 0 Å². The first-order chi connectivity index (χ1) is 10.9. The van der Waals surface area contributed by atoms with Gasteiger partial charge in [0.2, 0.25) is 0 Å². The molecule has 2 nitrogen and oxygen atoms in total. The number of hydrogen-bond donors (Lipinski definition) is 0. The van der Waals surface area contributed by atoms with Gasteiger partial charge in [-0.3, -0.25) is 4.90 Å². The first kappa shape index (κ1) is 17.2. The molecule has 0 saturated carbocycles.